The van der Waals surface area contributed by atoms with Crippen molar-refractivity contribution in [1.82, 2.24) is 9.78 Å². The molecule has 0 amide bonds. The van der Waals surface area contributed by atoms with Gasteiger partial charge in [-0.15, -0.1) is 0 Å². The van der Waals surface area contributed by atoms with E-state index in [1.54, 1.807) is 56.9 Å². The highest BCUT2D eigenvalue weighted by molar-refractivity contribution is 5.83. The van der Waals surface area contributed by atoms with Gasteiger partial charge in [0.25, 0.3) is 0 Å². The molecule has 0 N–H and O–H groups in total. The van der Waals surface area contributed by atoms with Gasteiger partial charge in [-0.2, -0.15) is 18.3 Å². The highest BCUT2D eigenvalue weighted by Crippen LogP contribution is 2.31. The van der Waals surface area contributed by atoms with Crippen LogP contribution in [0.2, 0.25) is 0 Å². The Morgan fingerprint density at radius 1 is 1.12 bits per heavy atom. The van der Waals surface area contributed by atoms with Crippen LogP contribution in [0.3, 0.4) is 0 Å². The topological polar surface area (TPSA) is 65.7 Å². The van der Waals surface area contributed by atoms with Crippen LogP contribution in [0.5, 0.6) is 5.75 Å². The minimum atomic E-state index is -4.38. The normalized spacial score (nSPS) is 12.2. The maximum atomic E-state index is 12.8. The third-order valence-electron chi connectivity index (χ3n) is 5.04. The molecule has 0 aliphatic carbocycles. The molecule has 3 aromatic rings. The lowest BCUT2D eigenvalue weighted by Gasteiger charge is -2.25. The summed E-state index contributed by atoms with van der Waals surface area (Å²) >= 11 is 0. The molecule has 0 atom stereocenters. The van der Waals surface area contributed by atoms with Gasteiger partial charge in [-0.3, -0.25) is 4.68 Å². The molecular formula is C25H26F3N3O3. The second-order valence-electron chi connectivity index (χ2n) is 8.20. The minimum Gasteiger partial charge on any atom is -0.476 e. The second-order valence-corrected chi connectivity index (χ2v) is 8.20. The van der Waals surface area contributed by atoms with Crippen LogP contribution < -0.4 is 4.74 Å². The smallest absolute Gasteiger partial charge is 0.416 e. The fourth-order valence-corrected chi connectivity index (χ4v) is 3.18. The molecular weight excluding hydrogens is 447 g/mol. The highest BCUT2D eigenvalue weighted by atomic mass is 19.4. The SMILES string of the molecule is CCOC(=O)C(C)(C)Oc1ccc(C=Nc2cc(-c3ccc(C(F)(F)F)cc3)nn2C)cc1C. The number of benzene rings is 2. The predicted octanol–water partition coefficient (Wildman–Crippen LogP) is 5.89. The van der Waals surface area contributed by atoms with Crippen molar-refractivity contribution in [1.29, 1.82) is 0 Å². The van der Waals surface area contributed by atoms with E-state index >= 15 is 0 Å². The molecule has 0 aliphatic heterocycles. The van der Waals surface area contributed by atoms with Gasteiger partial charge in [0.05, 0.1) is 17.9 Å². The van der Waals surface area contributed by atoms with E-state index in [0.717, 1.165) is 23.3 Å². The second kappa shape index (κ2) is 9.70. The summed E-state index contributed by atoms with van der Waals surface area (Å²) in [6, 6.07) is 12.0. The largest absolute Gasteiger partial charge is 0.476 e. The number of aromatic nitrogens is 2. The number of rotatable bonds is 7. The van der Waals surface area contributed by atoms with Crippen molar-refractivity contribution in [3.8, 4) is 17.0 Å². The zero-order chi connectivity index (χ0) is 25.1. The molecule has 0 saturated heterocycles. The first-order valence-electron chi connectivity index (χ1n) is 10.6. The first-order chi connectivity index (χ1) is 15.9. The monoisotopic (exact) mass is 473 g/mol. The zero-order valence-corrected chi connectivity index (χ0v) is 19.6. The quantitative estimate of drug-likeness (QED) is 0.317. The number of carbonyl (C=O) groups excluding carboxylic acids is 1. The number of nitrogens with zero attached hydrogens (tertiary/aromatic N) is 3. The van der Waals surface area contributed by atoms with Crippen LogP contribution in [-0.2, 0) is 22.8 Å². The van der Waals surface area contributed by atoms with Crippen molar-refractivity contribution in [2.75, 3.05) is 6.61 Å². The standard InChI is InChI=1S/C25H26F3N3O3/c1-6-33-23(32)24(3,4)34-21-12-7-17(13-16(21)2)15-29-22-14-20(30-31(22)5)18-8-10-19(11-9-18)25(26,27)28/h7-15H,6H2,1-5H3. The highest BCUT2D eigenvalue weighted by Gasteiger charge is 2.32. The predicted molar refractivity (Wildman–Crippen MR) is 123 cm³/mol. The maximum Gasteiger partial charge on any atom is 0.416 e. The number of carbonyl (C=O) groups is 1. The van der Waals surface area contributed by atoms with Gasteiger partial charge in [0, 0.05) is 24.9 Å². The molecule has 0 spiro atoms. The van der Waals surface area contributed by atoms with Crippen LogP contribution in [0, 0.1) is 6.92 Å². The van der Waals surface area contributed by atoms with Gasteiger partial charge in [-0.05, 0) is 69.2 Å². The van der Waals surface area contributed by atoms with Crippen LogP contribution in [-0.4, -0.2) is 34.2 Å². The van der Waals surface area contributed by atoms with E-state index in [1.165, 1.54) is 12.1 Å². The Balaban J connectivity index is 1.75. The van der Waals surface area contributed by atoms with Crippen molar-refractivity contribution in [2.24, 2.45) is 12.0 Å². The summed E-state index contributed by atoms with van der Waals surface area (Å²) in [6.07, 6.45) is -2.73. The van der Waals surface area contributed by atoms with Crippen molar-refractivity contribution in [3.63, 3.8) is 0 Å². The summed E-state index contributed by atoms with van der Waals surface area (Å²) in [5.74, 6) is 0.650. The van der Waals surface area contributed by atoms with Gasteiger partial charge >= 0.3 is 12.1 Å². The summed E-state index contributed by atoms with van der Waals surface area (Å²) in [4.78, 5) is 16.5. The first-order valence-corrected chi connectivity index (χ1v) is 10.6. The van der Waals surface area contributed by atoms with E-state index in [-0.39, 0.29) is 6.61 Å². The van der Waals surface area contributed by atoms with Gasteiger partial charge in [0.1, 0.15) is 5.75 Å². The average molecular weight is 473 g/mol. The number of aryl methyl sites for hydroxylation is 2. The lowest BCUT2D eigenvalue weighted by molar-refractivity contribution is -0.158. The molecule has 0 aliphatic rings. The van der Waals surface area contributed by atoms with E-state index in [1.807, 2.05) is 13.0 Å². The third-order valence-corrected chi connectivity index (χ3v) is 5.04. The number of alkyl halides is 3. The molecule has 1 heterocycles. The van der Waals surface area contributed by atoms with E-state index in [9.17, 15) is 18.0 Å². The molecule has 0 radical (unpaired) electrons. The lowest BCUT2D eigenvalue weighted by atomic mass is 10.1. The van der Waals surface area contributed by atoms with Gasteiger partial charge in [-0.1, -0.05) is 12.1 Å². The van der Waals surface area contributed by atoms with E-state index in [2.05, 4.69) is 10.1 Å². The number of hydrogen-bond acceptors (Lipinski definition) is 5. The van der Waals surface area contributed by atoms with E-state index < -0.39 is 23.3 Å². The number of aliphatic imine (C=N–C) groups is 1. The van der Waals surface area contributed by atoms with Crippen LogP contribution in [0.1, 0.15) is 37.5 Å². The Bertz CT molecular complexity index is 1200. The Morgan fingerprint density at radius 3 is 2.38 bits per heavy atom. The van der Waals surface area contributed by atoms with Crippen molar-refractivity contribution in [2.45, 2.75) is 39.5 Å². The first kappa shape index (κ1) is 25.0. The zero-order valence-electron chi connectivity index (χ0n) is 19.6. The molecule has 2 aromatic carbocycles. The van der Waals surface area contributed by atoms with Gasteiger partial charge in [-0.25, -0.2) is 9.79 Å². The fraction of sp³-hybridized carbons (Fsp3) is 0.320. The summed E-state index contributed by atoms with van der Waals surface area (Å²) in [5, 5.41) is 4.35. The summed E-state index contributed by atoms with van der Waals surface area (Å²) in [6.45, 7) is 7.17. The van der Waals surface area contributed by atoms with Crippen molar-refractivity contribution in [3.05, 3.63) is 65.2 Å². The van der Waals surface area contributed by atoms with Crippen molar-refractivity contribution < 1.29 is 27.4 Å². The maximum absolute atomic E-state index is 12.8. The molecule has 9 heteroatoms. The van der Waals surface area contributed by atoms with E-state index in [4.69, 9.17) is 9.47 Å². The van der Waals surface area contributed by atoms with E-state index in [0.29, 0.717) is 22.8 Å². The Morgan fingerprint density at radius 2 is 1.79 bits per heavy atom. The van der Waals surface area contributed by atoms with Crippen LogP contribution in [0.4, 0.5) is 19.0 Å². The van der Waals surface area contributed by atoms with Gasteiger partial charge in [0.15, 0.2) is 11.4 Å². The molecule has 6 nitrogen and oxygen atoms in total. The summed E-state index contributed by atoms with van der Waals surface area (Å²) in [7, 11) is 1.71. The molecule has 0 fully saturated rings. The van der Waals surface area contributed by atoms with Crippen LogP contribution >= 0.6 is 0 Å². The summed E-state index contributed by atoms with van der Waals surface area (Å²) in [5.41, 5.74) is 0.864. The van der Waals surface area contributed by atoms with Crippen molar-refractivity contribution >= 4 is 18.0 Å². The molecule has 180 valence electrons. The van der Waals surface area contributed by atoms with Crippen LogP contribution in [0.25, 0.3) is 11.3 Å². The molecule has 0 saturated carbocycles. The number of hydrogen-bond donors (Lipinski definition) is 0. The minimum absolute atomic E-state index is 0.272. The van der Waals surface area contributed by atoms with Crippen LogP contribution in [0.15, 0.2) is 53.5 Å². The molecule has 0 unspecified atom stereocenters. The number of esters is 1. The molecule has 34 heavy (non-hydrogen) atoms. The number of ether oxygens (including phenoxy) is 2. The number of halogens is 3. The van der Waals surface area contributed by atoms with Gasteiger partial charge in [0.2, 0.25) is 0 Å². The Hall–Kier alpha value is -3.62. The lowest BCUT2D eigenvalue weighted by Crippen LogP contribution is -2.39. The Labute approximate surface area is 196 Å². The summed E-state index contributed by atoms with van der Waals surface area (Å²) < 4.78 is 50.8. The molecule has 0 bridgehead atoms. The molecule has 1 aromatic heterocycles. The Kier molecular flexibility index (Phi) is 7.14. The van der Waals surface area contributed by atoms with Gasteiger partial charge < -0.3 is 9.47 Å². The fourth-order valence-electron chi connectivity index (χ4n) is 3.18. The average Bonchev–Trinajstić information content (AvgIpc) is 3.14. The molecule has 3 rings (SSSR count). The third kappa shape index (κ3) is 5.84.